The van der Waals surface area contributed by atoms with E-state index in [0.717, 1.165) is 17.8 Å². The fourth-order valence-corrected chi connectivity index (χ4v) is 1.57. The topological polar surface area (TPSA) is 43.8 Å². The van der Waals surface area contributed by atoms with E-state index in [2.05, 4.69) is 4.98 Å². The normalized spacial score (nSPS) is 10.5. The number of nitrogens with two attached hydrogens (primary N) is 1. The SMILES string of the molecule is CCn1c(-c2ccc(F)cc2)cnc1N. The van der Waals surface area contributed by atoms with Crippen LogP contribution in [0.5, 0.6) is 0 Å². The van der Waals surface area contributed by atoms with E-state index in [4.69, 9.17) is 5.73 Å². The van der Waals surface area contributed by atoms with E-state index >= 15 is 0 Å². The summed E-state index contributed by atoms with van der Waals surface area (Å²) in [5.41, 5.74) is 7.53. The molecule has 0 radical (unpaired) electrons. The molecule has 0 aliphatic rings. The summed E-state index contributed by atoms with van der Waals surface area (Å²) >= 11 is 0. The fraction of sp³-hybridized carbons (Fsp3) is 0.182. The van der Waals surface area contributed by atoms with Gasteiger partial charge in [0.2, 0.25) is 5.95 Å². The van der Waals surface area contributed by atoms with Crippen molar-refractivity contribution in [2.75, 3.05) is 5.73 Å². The fourth-order valence-electron chi connectivity index (χ4n) is 1.57. The van der Waals surface area contributed by atoms with E-state index in [0.29, 0.717) is 5.95 Å². The van der Waals surface area contributed by atoms with Gasteiger partial charge in [0, 0.05) is 12.1 Å². The first-order valence-electron chi connectivity index (χ1n) is 4.79. The van der Waals surface area contributed by atoms with Gasteiger partial charge in [-0.2, -0.15) is 0 Å². The molecule has 0 fully saturated rings. The van der Waals surface area contributed by atoms with Crippen molar-refractivity contribution in [1.29, 1.82) is 0 Å². The van der Waals surface area contributed by atoms with Gasteiger partial charge in [0.1, 0.15) is 5.82 Å². The van der Waals surface area contributed by atoms with Crippen molar-refractivity contribution < 1.29 is 4.39 Å². The van der Waals surface area contributed by atoms with Crippen LogP contribution in [0.25, 0.3) is 11.3 Å². The van der Waals surface area contributed by atoms with E-state index < -0.39 is 0 Å². The van der Waals surface area contributed by atoms with Crippen molar-refractivity contribution in [3.63, 3.8) is 0 Å². The van der Waals surface area contributed by atoms with Gasteiger partial charge in [0.05, 0.1) is 11.9 Å². The largest absolute Gasteiger partial charge is 0.369 e. The second kappa shape index (κ2) is 3.73. The first-order valence-corrected chi connectivity index (χ1v) is 4.79. The van der Waals surface area contributed by atoms with E-state index in [1.807, 2.05) is 11.5 Å². The molecule has 0 aliphatic heterocycles. The summed E-state index contributed by atoms with van der Waals surface area (Å²) in [5.74, 6) is 0.242. The van der Waals surface area contributed by atoms with E-state index in [-0.39, 0.29) is 5.82 Å². The van der Waals surface area contributed by atoms with Crippen molar-refractivity contribution >= 4 is 5.95 Å². The quantitative estimate of drug-likeness (QED) is 0.817. The van der Waals surface area contributed by atoms with Gasteiger partial charge in [0.15, 0.2) is 0 Å². The molecule has 15 heavy (non-hydrogen) atoms. The lowest BCUT2D eigenvalue weighted by Gasteiger charge is -2.06. The Balaban J connectivity index is 2.49. The highest BCUT2D eigenvalue weighted by molar-refractivity contribution is 5.61. The molecule has 0 atom stereocenters. The summed E-state index contributed by atoms with van der Waals surface area (Å²) in [6.07, 6.45) is 1.70. The number of hydrogen-bond donors (Lipinski definition) is 1. The monoisotopic (exact) mass is 205 g/mol. The number of anilines is 1. The highest BCUT2D eigenvalue weighted by atomic mass is 19.1. The highest BCUT2D eigenvalue weighted by Gasteiger charge is 2.07. The van der Waals surface area contributed by atoms with Crippen LogP contribution in [0.1, 0.15) is 6.92 Å². The number of hydrogen-bond acceptors (Lipinski definition) is 2. The third kappa shape index (κ3) is 1.70. The lowest BCUT2D eigenvalue weighted by Crippen LogP contribution is -2.02. The summed E-state index contributed by atoms with van der Waals surface area (Å²) in [5, 5.41) is 0. The van der Waals surface area contributed by atoms with Crippen molar-refractivity contribution in [2.24, 2.45) is 0 Å². The van der Waals surface area contributed by atoms with Crippen LogP contribution < -0.4 is 5.73 Å². The van der Waals surface area contributed by atoms with E-state index in [1.54, 1.807) is 18.3 Å². The van der Waals surface area contributed by atoms with Crippen molar-refractivity contribution in [2.45, 2.75) is 13.5 Å². The van der Waals surface area contributed by atoms with Crippen LogP contribution in [0, 0.1) is 5.82 Å². The average Bonchev–Trinajstić information content (AvgIpc) is 2.61. The molecule has 1 aromatic carbocycles. The molecule has 2 aromatic rings. The van der Waals surface area contributed by atoms with E-state index in [9.17, 15) is 4.39 Å². The average molecular weight is 205 g/mol. The number of rotatable bonds is 2. The number of aromatic nitrogens is 2. The zero-order chi connectivity index (χ0) is 10.8. The van der Waals surface area contributed by atoms with Gasteiger partial charge in [-0.05, 0) is 31.2 Å². The van der Waals surface area contributed by atoms with Crippen LogP contribution in [0.2, 0.25) is 0 Å². The predicted molar refractivity (Wildman–Crippen MR) is 57.7 cm³/mol. The van der Waals surface area contributed by atoms with Crippen LogP contribution in [-0.2, 0) is 6.54 Å². The Morgan fingerprint density at radius 1 is 1.33 bits per heavy atom. The summed E-state index contributed by atoms with van der Waals surface area (Å²) in [6.45, 7) is 2.74. The van der Waals surface area contributed by atoms with Crippen LogP contribution in [0.4, 0.5) is 10.3 Å². The molecule has 4 heteroatoms. The second-order valence-electron chi connectivity index (χ2n) is 3.25. The molecule has 0 saturated heterocycles. The molecule has 1 aromatic heterocycles. The second-order valence-corrected chi connectivity index (χ2v) is 3.25. The zero-order valence-corrected chi connectivity index (χ0v) is 8.44. The van der Waals surface area contributed by atoms with Crippen LogP contribution in [0.3, 0.4) is 0 Å². The van der Waals surface area contributed by atoms with Gasteiger partial charge in [-0.1, -0.05) is 0 Å². The Morgan fingerprint density at radius 3 is 2.60 bits per heavy atom. The number of nitrogen functional groups attached to an aromatic ring is 1. The van der Waals surface area contributed by atoms with Crippen LogP contribution in [-0.4, -0.2) is 9.55 Å². The molecule has 3 nitrogen and oxygen atoms in total. The zero-order valence-electron chi connectivity index (χ0n) is 8.44. The molecule has 78 valence electrons. The number of halogens is 1. The summed E-state index contributed by atoms with van der Waals surface area (Å²) in [4.78, 5) is 4.03. The molecule has 0 amide bonds. The first kappa shape index (κ1) is 9.71. The summed E-state index contributed by atoms with van der Waals surface area (Å²) in [7, 11) is 0. The lowest BCUT2D eigenvalue weighted by atomic mass is 10.1. The smallest absolute Gasteiger partial charge is 0.200 e. The maximum atomic E-state index is 12.7. The minimum atomic E-state index is -0.241. The Labute approximate surface area is 87.4 Å². The molecule has 2 rings (SSSR count). The molecule has 2 N–H and O–H groups in total. The van der Waals surface area contributed by atoms with Gasteiger partial charge >= 0.3 is 0 Å². The number of benzene rings is 1. The molecule has 0 spiro atoms. The third-order valence-electron chi connectivity index (χ3n) is 2.34. The Hall–Kier alpha value is -1.84. The first-order chi connectivity index (χ1) is 7.22. The standard InChI is InChI=1S/C11H12FN3/c1-2-15-10(7-14-11(15)13)8-3-5-9(12)6-4-8/h3-7H,2H2,1H3,(H2,13,14). The van der Waals surface area contributed by atoms with Crippen molar-refractivity contribution in [1.82, 2.24) is 9.55 Å². The maximum absolute atomic E-state index is 12.7. The van der Waals surface area contributed by atoms with Crippen molar-refractivity contribution in [3.8, 4) is 11.3 Å². The van der Waals surface area contributed by atoms with Gasteiger partial charge in [-0.3, -0.25) is 0 Å². The van der Waals surface area contributed by atoms with Gasteiger partial charge in [-0.15, -0.1) is 0 Å². The molecular weight excluding hydrogens is 193 g/mol. The van der Waals surface area contributed by atoms with Gasteiger partial charge in [0.25, 0.3) is 0 Å². The third-order valence-corrected chi connectivity index (χ3v) is 2.34. The lowest BCUT2D eigenvalue weighted by molar-refractivity contribution is 0.628. The molecule has 0 unspecified atom stereocenters. The van der Waals surface area contributed by atoms with E-state index in [1.165, 1.54) is 12.1 Å². The molecule has 0 saturated carbocycles. The number of imidazole rings is 1. The maximum Gasteiger partial charge on any atom is 0.200 e. The van der Waals surface area contributed by atoms with Crippen LogP contribution >= 0.6 is 0 Å². The molecular formula is C11H12FN3. The summed E-state index contributed by atoms with van der Waals surface area (Å²) in [6, 6.07) is 6.30. The van der Waals surface area contributed by atoms with Gasteiger partial charge in [-0.25, -0.2) is 9.37 Å². The molecule has 1 heterocycles. The van der Waals surface area contributed by atoms with Gasteiger partial charge < -0.3 is 10.3 Å². The summed E-state index contributed by atoms with van der Waals surface area (Å²) < 4.78 is 14.6. The minimum absolute atomic E-state index is 0.241. The van der Waals surface area contributed by atoms with Crippen molar-refractivity contribution in [3.05, 3.63) is 36.3 Å². The molecule has 0 bridgehead atoms. The Kier molecular flexibility index (Phi) is 2.41. The Bertz CT molecular complexity index is 459. The predicted octanol–water partition coefficient (Wildman–Crippen LogP) is 2.29. The minimum Gasteiger partial charge on any atom is -0.369 e. The van der Waals surface area contributed by atoms with Crippen LogP contribution in [0.15, 0.2) is 30.5 Å². The number of nitrogens with zero attached hydrogens (tertiary/aromatic N) is 2. The molecule has 0 aliphatic carbocycles. The Morgan fingerprint density at radius 2 is 2.00 bits per heavy atom. The highest BCUT2D eigenvalue weighted by Crippen LogP contribution is 2.21.